The lowest BCUT2D eigenvalue weighted by Gasteiger charge is -2.29. The highest BCUT2D eigenvalue weighted by molar-refractivity contribution is 5.69. The minimum Gasteiger partial charge on any atom is -0.448 e. The maximum absolute atomic E-state index is 11.3. The largest absolute Gasteiger partial charge is 0.448 e. The summed E-state index contributed by atoms with van der Waals surface area (Å²) in [6, 6.07) is 8.40. The number of morpholine rings is 1. The molecule has 0 bridgehead atoms. The van der Waals surface area contributed by atoms with E-state index in [0.29, 0.717) is 19.7 Å². The first-order valence-electron chi connectivity index (χ1n) is 7.41. The van der Waals surface area contributed by atoms with Gasteiger partial charge in [0.25, 0.3) is 0 Å². The quantitative estimate of drug-likeness (QED) is 0.888. The summed E-state index contributed by atoms with van der Waals surface area (Å²) in [6.07, 6.45) is -0.209. The molecule has 2 aliphatic rings. The Morgan fingerprint density at radius 3 is 2.48 bits per heavy atom. The molecule has 0 atom stereocenters. The van der Waals surface area contributed by atoms with Crippen LogP contribution >= 0.6 is 0 Å². The lowest BCUT2D eigenvalue weighted by atomic mass is 10.2. The number of cyclic esters (lactones) is 1. The Hall–Kier alpha value is -1.95. The summed E-state index contributed by atoms with van der Waals surface area (Å²) in [7, 11) is 0. The highest BCUT2D eigenvalue weighted by Gasteiger charge is 2.20. The summed E-state index contributed by atoms with van der Waals surface area (Å²) < 4.78 is 10.3. The molecule has 0 aromatic heterocycles. The van der Waals surface area contributed by atoms with E-state index in [1.54, 1.807) is 4.90 Å². The van der Waals surface area contributed by atoms with E-state index in [9.17, 15) is 4.79 Å². The second-order valence-electron chi connectivity index (χ2n) is 5.17. The molecule has 21 heavy (non-hydrogen) atoms. The van der Waals surface area contributed by atoms with Crippen LogP contribution in [0, 0.1) is 0 Å². The first kappa shape index (κ1) is 14.0. The average molecular weight is 291 g/mol. The molecule has 0 aliphatic carbocycles. The van der Waals surface area contributed by atoms with E-state index in [1.807, 2.05) is 0 Å². The first-order valence-corrected chi connectivity index (χ1v) is 7.41. The highest BCUT2D eigenvalue weighted by atomic mass is 16.6. The van der Waals surface area contributed by atoms with Crippen LogP contribution in [0.3, 0.4) is 0 Å². The molecule has 1 N–H and O–H groups in total. The number of nitrogens with zero attached hydrogens (tertiary/aromatic N) is 2. The molecule has 1 aromatic rings. The predicted octanol–water partition coefficient (Wildman–Crippen LogP) is 1.39. The Balaban J connectivity index is 1.46. The van der Waals surface area contributed by atoms with Gasteiger partial charge in [-0.2, -0.15) is 0 Å². The number of ether oxygens (including phenoxy) is 2. The van der Waals surface area contributed by atoms with Crippen molar-refractivity contribution in [1.29, 1.82) is 0 Å². The third-order valence-electron chi connectivity index (χ3n) is 3.80. The predicted molar refractivity (Wildman–Crippen MR) is 80.9 cm³/mol. The van der Waals surface area contributed by atoms with Gasteiger partial charge < -0.3 is 24.6 Å². The van der Waals surface area contributed by atoms with E-state index >= 15 is 0 Å². The first-order chi connectivity index (χ1) is 10.3. The van der Waals surface area contributed by atoms with Crippen LogP contribution in [0.2, 0.25) is 0 Å². The summed E-state index contributed by atoms with van der Waals surface area (Å²) in [5.74, 6) is 0. The van der Waals surface area contributed by atoms with Crippen molar-refractivity contribution >= 4 is 17.5 Å². The number of carbonyl (C=O) groups is 1. The van der Waals surface area contributed by atoms with Gasteiger partial charge in [-0.15, -0.1) is 0 Å². The van der Waals surface area contributed by atoms with Crippen LogP contribution in [0.4, 0.5) is 16.2 Å². The Morgan fingerprint density at radius 1 is 1.05 bits per heavy atom. The van der Waals surface area contributed by atoms with Gasteiger partial charge in [-0.1, -0.05) is 0 Å². The van der Waals surface area contributed by atoms with Gasteiger partial charge in [0.1, 0.15) is 6.61 Å². The molecule has 6 heteroatoms. The molecular formula is C15H21N3O3. The molecule has 6 nitrogen and oxygen atoms in total. The van der Waals surface area contributed by atoms with Crippen LogP contribution in [0.1, 0.15) is 0 Å². The van der Waals surface area contributed by atoms with E-state index in [1.165, 1.54) is 5.69 Å². The van der Waals surface area contributed by atoms with Crippen molar-refractivity contribution in [3.8, 4) is 0 Å². The van der Waals surface area contributed by atoms with Crippen molar-refractivity contribution in [2.24, 2.45) is 0 Å². The van der Waals surface area contributed by atoms with Crippen LogP contribution in [-0.2, 0) is 9.47 Å². The summed E-state index contributed by atoms with van der Waals surface area (Å²) in [5.41, 5.74) is 2.30. The van der Waals surface area contributed by atoms with Gasteiger partial charge in [-0.3, -0.25) is 0 Å². The Morgan fingerprint density at radius 2 is 1.81 bits per heavy atom. The van der Waals surface area contributed by atoms with Gasteiger partial charge in [-0.05, 0) is 24.3 Å². The molecular weight excluding hydrogens is 270 g/mol. The number of hydrogen-bond donors (Lipinski definition) is 1. The van der Waals surface area contributed by atoms with E-state index < -0.39 is 0 Å². The van der Waals surface area contributed by atoms with E-state index in [2.05, 4.69) is 34.5 Å². The van der Waals surface area contributed by atoms with Crippen LogP contribution < -0.4 is 10.2 Å². The maximum Gasteiger partial charge on any atom is 0.409 e. The molecule has 3 rings (SSSR count). The van der Waals surface area contributed by atoms with Crippen molar-refractivity contribution in [2.45, 2.75) is 0 Å². The van der Waals surface area contributed by atoms with E-state index in [-0.39, 0.29) is 6.09 Å². The lowest BCUT2D eigenvalue weighted by Crippen LogP contribution is -2.36. The van der Waals surface area contributed by atoms with Crippen molar-refractivity contribution < 1.29 is 14.3 Å². The average Bonchev–Trinajstić information content (AvgIpc) is 2.94. The minimum atomic E-state index is -0.209. The van der Waals surface area contributed by atoms with Crippen molar-refractivity contribution in [1.82, 2.24) is 4.90 Å². The molecule has 2 saturated heterocycles. The summed E-state index contributed by atoms with van der Waals surface area (Å²) in [4.78, 5) is 15.3. The lowest BCUT2D eigenvalue weighted by molar-refractivity contribution is 0.122. The molecule has 1 aromatic carbocycles. The Kier molecular flexibility index (Phi) is 4.45. The topological polar surface area (TPSA) is 54.0 Å². The smallest absolute Gasteiger partial charge is 0.409 e. The summed E-state index contributed by atoms with van der Waals surface area (Å²) in [6.45, 7) is 6.09. The van der Waals surface area contributed by atoms with Crippen molar-refractivity contribution in [3.63, 3.8) is 0 Å². The fraction of sp³-hybridized carbons (Fsp3) is 0.533. The van der Waals surface area contributed by atoms with Gasteiger partial charge in [-0.25, -0.2) is 4.79 Å². The standard InChI is InChI=1S/C15H21N3O3/c19-15-18(9-12-21-15)6-5-16-13-1-3-14(4-2-13)17-7-10-20-11-8-17/h1-4,16H,5-12H2. The Labute approximate surface area is 124 Å². The van der Waals surface area contributed by atoms with Gasteiger partial charge in [0.2, 0.25) is 0 Å². The second-order valence-corrected chi connectivity index (χ2v) is 5.17. The van der Waals surface area contributed by atoms with Crippen LogP contribution in [0.15, 0.2) is 24.3 Å². The number of anilines is 2. The molecule has 0 radical (unpaired) electrons. The third-order valence-corrected chi connectivity index (χ3v) is 3.80. The molecule has 0 unspecified atom stereocenters. The fourth-order valence-corrected chi connectivity index (χ4v) is 2.58. The highest BCUT2D eigenvalue weighted by Crippen LogP contribution is 2.18. The van der Waals surface area contributed by atoms with Crippen molar-refractivity contribution in [3.05, 3.63) is 24.3 Å². The van der Waals surface area contributed by atoms with E-state index in [4.69, 9.17) is 9.47 Å². The second kappa shape index (κ2) is 6.67. The molecule has 2 aliphatic heterocycles. The normalized spacial score (nSPS) is 18.8. The van der Waals surface area contributed by atoms with Crippen molar-refractivity contribution in [2.75, 3.05) is 62.8 Å². The van der Waals surface area contributed by atoms with Gasteiger partial charge in [0, 0.05) is 37.6 Å². The number of nitrogens with one attached hydrogen (secondary N) is 1. The van der Waals surface area contributed by atoms with Gasteiger partial charge in [0.15, 0.2) is 0 Å². The molecule has 114 valence electrons. The van der Waals surface area contributed by atoms with Crippen LogP contribution in [-0.4, -0.2) is 63.5 Å². The minimum absolute atomic E-state index is 0.209. The zero-order valence-corrected chi connectivity index (χ0v) is 12.1. The molecule has 0 saturated carbocycles. The summed E-state index contributed by atoms with van der Waals surface area (Å²) >= 11 is 0. The number of amides is 1. The zero-order chi connectivity index (χ0) is 14.5. The van der Waals surface area contributed by atoms with Gasteiger partial charge >= 0.3 is 6.09 Å². The van der Waals surface area contributed by atoms with Gasteiger partial charge in [0.05, 0.1) is 19.8 Å². The third kappa shape index (κ3) is 3.58. The fourth-order valence-electron chi connectivity index (χ4n) is 2.58. The maximum atomic E-state index is 11.3. The number of benzene rings is 1. The number of rotatable bonds is 5. The van der Waals surface area contributed by atoms with E-state index in [0.717, 1.165) is 38.5 Å². The van der Waals surface area contributed by atoms with Crippen LogP contribution in [0.25, 0.3) is 0 Å². The van der Waals surface area contributed by atoms with Crippen LogP contribution in [0.5, 0.6) is 0 Å². The number of hydrogen-bond acceptors (Lipinski definition) is 5. The number of carbonyl (C=O) groups excluding carboxylic acids is 1. The monoisotopic (exact) mass is 291 g/mol. The molecule has 2 heterocycles. The SMILES string of the molecule is O=C1OCCN1CCNc1ccc(N2CCOCC2)cc1. The molecule has 2 fully saturated rings. The zero-order valence-electron chi connectivity index (χ0n) is 12.1. The molecule has 0 spiro atoms. The summed E-state index contributed by atoms with van der Waals surface area (Å²) in [5, 5.41) is 3.33. The molecule has 1 amide bonds. The Bertz CT molecular complexity index is 472.